The van der Waals surface area contributed by atoms with E-state index in [1.54, 1.807) is 6.33 Å². The molecule has 0 saturated carbocycles. The minimum Gasteiger partial charge on any atom is -0.361 e. The molecule has 0 atom stereocenters. The second-order valence-electron chi connectivity index (χ2n) is 5.43. The average molecular weight is 254 g/mol. The van der Waals surface area contributed by atoms with Gasteiger partial charge in [0.25, 0.3) is 0 Å². The van der Waals surface area contributed by atoms with Gasteiger partial charge in [-0.15, -0.1) is 0 Å². The molecule has 0 spiro atoms. The van der Waals surface area contributed by atoms with Crippen molar-refractivity contribution in [2.45, 2.75) is 45.3 Å². The lowest BCUT2D eigenvalue weighted by Gasteiger charge is -2.15. The van der Waals surface area contributed by atoms with Gasteiger partial charge in [0.2, 0.25) is 0 Å². The highest BCUT2D eigenvalue weighted by molar-refractivity contribution is 6.76. The molecule has 0 N–H and O–H groups in total. The van der Waals surface area contributed by atoms with Gasteiger partial charge < -0.3 is 14.1 Å². The topological polar surface area (TPSA) is 44.1 Å². The molecular weight excluding hydrogens is 232 g/mol. The van der Waals surface area contributed by atoms with Crippen LogP contribution in [-0.2, 0) is 22.7 Å². The molecule has 5 heteroatoms. The number of aryl methyl sites for hydroxylation is 1. The van der Waals surface area contributed by atoms with Crippen molar-refractivity contribution in [3.8, 4) is 0 Å². The summed E-state index contributed by atoms with van der Waals surface area (Å²) in [6.07, 6.45) is 5.87. The minimum absolute atomic E-state index is 0.535. The Bertz CT molecular complexity index is 345. The quantitative estimate of drug-likeness (QED) is 0.406. The third kappa shape index (κ3) is 6.38. The molecule has 0 unspecified atom stereocenters. The Balaban J connectivity index is 2.23. The van der Waals surface area contributed by atoms with E-state index in [-0.39, 0.29) is 0 Å². The number of imidazole rings is 1. The smallest absolute Gasteiger partial charge is 0.123 e. The molecule has 0 aliphatic carbocycles. The maximum absolute atomic E-state index is 10.2. The Morgan fingerprint density at radius 1 is 1.47 bits per heavy atom. The molecule has 4 nitrogen and oxygen atoms in total. The fourth-order valence-electron chi connectivity index (χ4n) is 1.36. The molecule has 0 saturated heterocycles. The molecule has 0 aliphatic rings. The molecule has 1 aromatic heterocycles. The van der Waals surface area contributed by atoms with Crippen LogP contribution in [0.25, 0.3) is 0 Å². The molecule has 0 aliphatic heterocycles. The first kappa shape index (κ1) is 14.1. The van der Waals surface area contributed by atoms with E-state index >= 15 is 0 Å². The fraction of sp³-hybridized carbons (Fsp3) is 0.667. The summed E-state index contributed by atoms with van der Waals surface area (Å²) < 4.78 is 7.52. The van der Waals surface area contributed by atoms with E-state index in [1.807, 2.05) is 10.8 Å². The number of carbonyl (C=O) groups excluding carboxylic acids is 1. The van der Waals surface area contributed by atoms with Crippen molar-refractivity contribution in [3.63, 3.8) is 0 Å². The number of aldehydes is 1. The summed E-state index contributed by atoms with van der Waals surface area (Å²) in [6, 6.07) is 1.18. The van der Waals surface area contributed by atoms with Crippen molar-refractivity contribution in [2.75, 3.05) is 6.61 Å². The molecule has 0 aromatic carbocycles. The first-order chi connectivity index (χ1) is 8.01. The Morgan fingerprint density at radius 3 is 2.88 bits per heavy atom. The van der Waals surface area contributed by atoms with Gasteiger partial charge in [-0.25, -0.2) is 4.98 Å². The summed E-state index contributed by atoms with van der Waals surface area (Å²) in [6.45, 7) is 8.39. The summed E-state index contributed by atoms with van der Waals surface area (Å²) >= 11 is 0. The van der Waals surface area contributed by atoms with Crippen LogP contribution in [0.3, 0.4) is 0 Å². The first-order valence-corrected chi connectivity index (χ1v) is 9.74. The van der Waals surface area contributed by atoms with Crippen LogP contribution in [0.4, 0.5) is 0 Å². The van der Waals surface area contributed by atoms with Crippen molar-refractivity contribution in [3.05, 3.63) is 18.2 Å². The van der Waals surface area contributed by atoms with Gasteiger partial charge in [-0.05, 0) is 12.5 Å². The van der Waals surface area contributed by atoms with Crippen LogP contribution in [-0.4, -0.2) is 30.5 Å². The van der Waals surface area contributed by atoms with Gasteiger partial charge in [-0.2, -0.15) is 0 Å². The first-order valence-electron chi connectivity index (χ1n) is 6.03. The lowest BCUT2D eigenvalue weighted by Crippen LogP contribution is -2.21. The van der Waals surface area contributed by atoms with Gasteiger partial charge in [0.15, 0.2) is 0 Å². The lowest BCUT2D eigenvalue weighted by atomic mass is 10.3. The Morgan fingerprint density at radius 2 is 2.24 bits per heavy atom. The van der Waals surface area contributed by atoms with Gasteiger partial charge in [0.05, 0.1) is 12.0 Å². The number of hydrogen-bond acceptors (Lipinski definition) is 3. The van der Waals surface area contributed by atoms with E-state index in [2.05, 4.69) is 24.6 Å². The van der Waals surface area contributed by atoms with Crippen LogP contribution in [0.2, 0.25) is 25.7 Å². The Kier molecular flexibility index (Phi) is 5.57. The highest BCUT2D eigenvalue weighted by Gasteiger charge is 2.11. The number of carbonyl (C=O) groups is 1. The maximum atomic E-state index is 10.2. The molecule has 0 radical (unpaired) electrons. The number of aromatic nitrogens is 2. The van der Waals surface area contributed by atoms with Crippen LogP contribution < -0.4 is 0 Å². The van der Waals surface area contributed by atoms with Crippen LogP contribution in [0.15, 0.2) is 12.5 Å². The van der Waals surface area contributed by atoms with Gasteiger partial charge in [0, 0.05) is 27.3 Å². The summed E-state index contributed by atoms with van der Waals surface area (Å²) in [4.78, 5) is 14.4. The van der Waals surface area contributed by atoms with Crippen molar-refractivity contribution >= 4 is 14.4 Å². The molecule has 0 amide bonds. The molecule has 0 fully saturated rings. The SMILES string of the molecule is C[Si](C)(C)CCOCn1cnc(CCC=O)c1. The van der Waals surface area contributed by atoms with Gasteiger partial charge in [-0.1, -0.05) is 19.6 Å². The van der Waals surface area contributed by atoms with E-state index in [9.17, 15) is 4.79 Å². The third-order valence-electron chi connectivity index (χ3n) is 2.44. The second-order valence-corrected chi connectivity index (χ2v) is 11.1. The van der Waals surface area contributed by atoms with Crippen LogP contribution >= 0.6 is 0 Å². The number of nitrogens with zero attached hydrogens (tertiary/aromatic N) is 2. The highest BCUT2D eigenvalue weighted by atomic mass is 28.3. The maximum Gasteiger partial charge on any atom is 0.123 e. The summed E-state index contributed by atoms with van der Waals surface area (Å²) in [5, 5.41) is 0. The highest BCUT2D eigenvalue weighted by Crippen LogP contribution is 2.08. The van der Waals surface area contributed by atoms with E-state index in [4.69, 9.17) is 4.74 Å². The predicted octanol–water partition coefficient (Wildman–Crippen LogP) is 2.33. The van der Waals surface area contributed by atoms with Crippen LogP contribution in [0.1, 0.15) is 12.1 Å². The zero-order valence-corrected chi connectivity index (χ0v) is 12.0. The van der Waals surface area contributed by atoms with Gasteiger partial charge >= 0.3 is 0 Å². The van der Waals surface area contributed by atoms with Crippen LogP contribution in [0, 0.1) is 0 Å². The predicted molar refractivity (Wildman–Crippen MR) is 70.7 cm³/mol. The van der Waals surface area contributed by atoms with E-state index in [0.717, 1.165) is 18.6 Å². The lowest BCUT2D eigenvalue weighted by molar-refractivity contribution is -0.107. The Labute approximate surface area is 104 Å². The molecule has 0 bridgehead atoms. The molecule has 96 valence electrons. The van der Waals surface area contributed by atoms with Crippen molar-refractivity contribution in [1.29, 1.82) is 0 Å². The molecule has 1 heterocycles. The molecule has 1 aromatic rings. The second kappa shape index (κ2) is 6.71. The molecular formula is C12H22N2O2Si. The van der Waals surface area contributed by atoms with E-state index in [1.165, 1.54) is 6.04 Å². The average Bonchev–Trinajstić information content (AvgIpc) is 2.68. The normalized spacial score (nSPS) is 11.7. The van der Waals surface area contributed by atoms with Crippen molar-refractivity contribution < 1.29 is 9.53 Å². The standard InChI is InChI=1S/C12H22N2O2Si/c1-17(2,3)8-7-16-11-14-9-12(13-10-14)5-4-6-15/h6,9-10H,4-5,7-8,11H2,1-3H3. The summed E-state index contributed by atoms with van der Waals surface area (Å²) in [5.74, 6) is 0. The number of rotatable bonds is 8. The summed E-state index contributed by atoms with van der Waals surface area (Å²) in [5.41, 5.74) is 0.950. The number of ether oxygens (including phenoxy) is 1. The van der Waals surface area contributed by atoms with E-state index < -0.39 is 8.07 Å². The fourth-order valence-corrected chi connectivity index (χ4v) is 2.12. The van der Waals surface area contributed by atoms with E-state index in [0.29, 0.717) is 19.6 Å². The molecule has 1 rings (SSSR count). The van der Waals surface area contributed by atoms with Gasteiger partial charge in [-0.3, -0.25) is 0 Å². The zero-order chi connectivity index (χ0) is 12.7. The monoisotopic (exact) mass is 254 g/mol. The Hall–Kier alpha value is -0.943. The van der Waals surface area contributed by atoms with Gasteiger partial charge in [0.1, 0.15) is 13.0 Å². The molecule has 17 heavy (non-hydrogen) atoms. The van der Waals surface area contributed by atoms with Crippen molar-refractivity contribution in [2.24, 2.45) is 0 Å². The number of hydrogen-bond donors (Lipinski definition) is 0. The zero-order valence-electron chi connectivity index (χ0n) is 11.0. The largest absolute Gasteiger partial charge is 0.361 e. The third-order valence-corrected chi connectivity index (χ3v) is 4.15. The van der Waals surface area contributed by atoms with Crippen LogP contribution in [0.5, 0.6) is 0 Å². The summed E-state index contributed by atoms with van der Waals surface area (Å²) in [7, 11) is -0.997. The minimum atomic E-state index is -0.997. The van der Waals surface area contributed by atoms with Crippen molar-refractivity contribution in [1.82, 2.24) is 9.55 Å².